The van der Waals surface area contributed by atoms with Crippen molar-refractivity contribution in [1.82, 2.24) is 0 Å². The third kappa shape index (κ3) is 1.61. The minimum atomic E-state index is 0.476. The molecule has 1 aliphatic carbocycles. The summed E-state index contributed by atoms with van der Waals surface area (Å²) >= 11 is 2.15. The van der Waals surface area contributed by atoms with Gasteiger partial charge in [-0.3, -0.25) is 0 Å². The zero-order valence-electron chi connectivity index (χ0n) is 9.51. The van der Waals surface area contributed by atoms with Crippen molar-refractivity contribution in [3.63, 3.8) is 0 Å². The Morgan fingerprint density at radius 1 is 1.29 bits per heavy atom. The van der Waals surface area contributed by atoms with Crippen LogP contribution in [0.2, 0.25) is 0 Å². The van der Waals surface area contributed by atoms with Gasteiger partial charge in [0.15, 0.2) is 0 Å². The molecule has 2 aliphatic rings. The molecular weight excluding hydrogens is 190 g/mol. The first-order valence-corrected chi connectivity index (χ1v) is 6.93. The Morgan fingerprint density at radius 2 is 1.93 bits per heavy atom. The van der Waals surface area contributed by atoms with Gasteiger partial charge in [0.25, 0.3) is 0 Å². The molecule has 1 atom stereocenters. The monoisotopic (exact) mass is 213 g/mol. The maximum Gasteiger partial charge on any atom is 0.0137 e. The van der Waals surface area contributed by atoms with Crippen LogP contribution in [0.3, 0.4) is 0 Å². The van der Waals surface area contributed by atoms with E-state index in [4.69, 9.17) is 5.73 Å². The highest BCUT2D eigenvalue weighted by Gasteiger charge is 2.49. The van der Waals surface area contributed by atoms with Crippen LogP contribution in [-0.4, -0.2) is 17.0 Å². The lowest BCUT2D eigenvalue weighted by molar-refractivity contribution is 0.148. The largest absolute Gasteiger partial charge is 0.330 e. The van der Waals surface area contributed by atoms with E-state index < -0.39 is 0 Å². The molecule has 2 fully saturated rings. The van der Waals surface area contributed by atoms with Crippen molar-refractivity contribution in [1.29, 1.82) is 0 Å². The van der Waals surface area contributed by atoms with Crippen LogP contribution < -0.4 is 5.73 Å². The molecule has 14 heavy (non-hydrogen) atoms. The Hall–Kier alpha value is 0.310. The lowest BCUT2D eigenvalue weighted by Crippen LogP contribution is -2.42. The first-order chi connectivity index (χ1) is 6.61. The van der Waals surface area contributed by atoms with Crippen LogP contribution in [0.5, 0.6) is 0 Å². The number of hydrogen-bond acceptors (Lipinski definition) is 2. The predicted octanol–water partition coefficient (Wildman–Crippen LogP) is 3.04. The molecular formula is C12H23NS. The van der Waals surface area contributed by atoms with E-state index >= 15 is 0 Å². The highest BCUT2D eigenvalue weighted by atomic mass is 32.2. The van der Waals surface area contributed by atoms with Gasteiger partial charge in [-0.05, 0) is 42.9 Å². The van der Waals surface area contributed by atoms with E-state index in [2.05, 4.69) is 25.6 Å². The Labute approximate surface area is 92.2 Å². The summed E-state index contributed by atoms with van der Waals surface area (Å²) in [7, 11) is 0. The van der Waals surface area contributed by atoms with Gasteiger partial charge < -0.3 is 5.73 Å². The van der Waals surface area contributed by atoms with Crippen molar-refractivity contribution in [3.8, 4) is 0 Å². The van der Waals surface area contributed by atoms with Crippen molar-refractivity contribution in [2.24, 2.45) is 17.1 Å². The Kier molecular flexibility index (Phi) is 2.87. The fourth-order valence-electron chi connectivity index (χ4n) is 3.71. The van der Waals surface area contributed by atoms with Gasteiger partial charge in [-0.1, -0.05) is 26.7 Å². The van der Waals surface area contributed by atoms with Gasteiger partial charge in [0.2, 0.25) is 0 Å². The van der Waals surface area contributed by atoms with Crippen LogP contribution in [-0.2, 0) is 0 Å². The average Bonchev–Trinajstić information content (AvgIpc) is 2.71. The molecule has 1 unspecified atom stereocenters. The molecule has 0 aromatic rings. The predicted molar refractivity (Wildman–Crippen MR) is 64.6 cm³/mol. The molecule has 0 spiro atoms. The van der Waals surface area contributed by atoms with E-state index in [9.17, 15) is 0 Å². The van der Waals surface area contributed by atoms with Crippen LogP contribution in [0.4, 0.5) is 0 Å². The quantitative estimate of drug-likeness (QED) is 0.763. The van der Waals surface area contributed by atoms with Gasteiger partial charge >= 0.3 is 0 Å². The van der Waals surface area contributed by atoms with Gasteiger partial charge in [0.1, 0.15) is 0 Å². The van der Waals surface area contributed by atoms with Gasteiger partial charge in [0, 0.05) is 4.75 Å². The van der Waals surface area contributed by atoms with Crippen LogP contribution in [0, 0.1) is 11.3 Å². The molecule has 2 heteroatoms. The highest BCUT2D eigenvalue weighted by molar-refractivity contribution is 8.00. The van der Waals surface area contributed by atoms with Crippen molar-refractivity contribution < 1.29 is 0 Å². The number of rotatable bonds is 2. The molecule has 0 aromatic carbocycles. The van der Waals surface area contributed by atoms with Crippen LogP contribution in [0.1, 0.15) is 46.0 Å². The third-order valence-corrected chi connectivity index (χ3v) is 5.93. The minimum absolute atomic E-state index is 0.476. The molecule has 1 saturated carbocycles. The summed E-state index contributed by atoms with van der Waals surface area (Å²) in [6.07, 6.45) is 6.99. The summed E-state index contributed by atoms with van der Waals surface area (Å²) in [6.45, 7) is 5.76. The molecule has 1 nitrogen and oxygen atoms in total. The van der Waals surface area contributed by atoms with Crippen LogP contribution >= 0.6 is 11.8 Å². The summed E-state index contributed by atoms with van der Waals surface area (Å²) in [5, 5.41) is 0. The lowest BCUT2D eigenvalue weighted by Gasteiger charge is -2.41. The van der Waals surface area contributed by atoms with Crippen LogP contribution in [0.15, 0.2) is 0 Å². The SMILES string of the molecule is CC1(C)SCCC1C1(CN)CCCC1. The van der Waals surface area contributed by atoms with Gasteiger partial charge in [0.05, 0.1) is 0 Å². The average molecular weight is 213 g/mol. The summed E-state index contributed by atoms with van der Waals surface area (Å²) in [5.41, 5.74) is 6.57. The number of thioether (sulfide) groups is 1. The minimum Gasteiger partial charge on any atom is -0.330 e. The Bertz CT molecular complexity index is 206. The molecule has 2 N–H and O–H groups in total. The van der Waals surface area contributed by atoms with Crippen molar-refractivity contribution in [2.45, 2.75) is 50.7 Å². The molecule has 2 rings (SSSR count). The molecule has 0 aromatic heterocycles. The fourth-order valence-corrected chi connectivity index (χ4v) is 5.15. The molecule has 0 radical (unpaired) electrons. The summed E-state index contributed by atoms with van der Waals surface area (Å²) < 4.78 is 0.476. The molecule has 0 bridgehead atoms. The maximum absolute atomic E-state index is 6.06. The van der Waals surface area contributed by atoms with E-state index in [-0.39, 0.29) is 0 Å². The normalized spacial score (nSPS) is 34.9. The van der Waals surface area contributed by atoms with Crippen molar-refractivity contribution in [2.75, 3.05) is 12.3 Å². The van der Waals surface area contributed by atoms with E-state index in [0.29, 0.717) is 10.2 Å². The van der Waals surface area contributed by atoms with E-state index in [1.807, 2.05) is 0 Å². The van der Waals surface area contributed by atoms with E-state index in [0.717, 1.165) is 12.5 Å². The molecule has 0 amide bonds. The second kappa shape index (κ2) is 3.71. The second-order valence-electron chi connectivity index (χ2n) is 5.57. The molecule has 1 aliphatic heterocycles. The standard InChI is InChI=1S/C12H23NS/c1-11(2)10(5-8-14-11)12(9-13)6-3-4-7-12/h10H,3-9,13H2,1-2H3. The van der Waals surface area contributed by atoms with Gasteiger partial charge in [-0.2, -0.15) is 11.8 Å². The summed E-state index contributed by atoms with van der Waals surface area (Å²) in [5.74, 6) is 2.21. The van der Waals surface area contributed by atoms with Gasteiger partial charge in [-0.15, -0.1) is 0 Å². The zero-order chi connectivity index (χ0) is 10.2. The first kappa shape index (κ1) is 10.8. The number of nitrogens with two attached hydrogens (primary N) is 1. The highest BCUT2D eigenvalue weighted by Crippen LogP contribution is 2.56. The number of hydrogen-bond donors (Lipinski definition) is 1. The summed E-state index contributed by atoms with van der Waals surface area (Å²) in [4.78, 5) is 0. The smallest absolute Gasteiger partial charge is 0.0137 e. The lowest BCUT2D eigenvalue weighted by atomic mass is 9.67. The summed E-state index contributed by atoms with van der Waals surface area (Å²) in [6, 6.07) is 0. The fraction of sp³-hybridized carbons (Fsp3) is 1.00. The van der Waals surface area contributed by atoms with Crippen LogP contribution in [0.25, 0.3) is 0 Å². The zero-order valence-corrected chi connectivity index (χ0v) is 10.3. The van der Waals surface area contributed by atoms with Gasteiger partial charge in [-0.25, -0.2) is 0 Å². The second-order valence-corrected chi connectivity index (χ2v) is 7.32. The molecule has 1 saturated heterocycles. The topological polar surface area (TPSA) is 26.0 Å². The molecule has 82 valence electrons. The third-order valence-electron chi connectivity index (χ3n) is 4.46. The maximum atomic E-state index is 6.06. The van der Waals surface area contributed by atoms with Crippen molar-refractivity contribution in [3.05, 3.63) is 0 Å². The van der Waals surface area contributed by atoms with Crippen molar-refractivity contribution >= 4 is 11.8 Å². The van der Waals surface area contributed by atoms with E-state index in [1.54, 1.807) is 0 Å². The molecule has 1 heterocycles. The Balaban J connectivity index is 2.19. The first-order valence-electron chi connectivity index (χ1n) is 5.95. The van der Waals surface area contributed by atoms with E-state index in [1.165, 1.54) is 37.9 Å². The Morgan fingerprint density at radius 3 is 2.36 bits per heavy atom.